The zero-order chi connectivity index (χ0) is 17.9. The van der Waals surface area contributed by atoms with E-state index in [0.717, 1.165) is 6.42 Å². The predicted molar refractivity (Wildman–Crippen MR) is 106 cm³/mol. The van der Waals surface area contributed by atoms with Crippen molar-refractivity contribution in [3.05, 3.63) is 64.8 Å². The number of aryl methyl sites for hydroxylation is 2. The summed E-state index contributed by atoms with van der Waals surface area (Å²) < 4.78 is 2.33. The van der Waals surface area contributed by atoms with Crippen LogP contribution in [0.5, 0.6) is 0 Å². The minimum absolute atomic E-state index is 0.0128. The fourth-order valence-corrected chi connectivity index (χ4v) is 4.74. The maximum absolute atomic E-state index is 2.40. The second-order valence-corrected chi connectivity index (χ2v) is 8.56. The summed E-state index contributed by atoms with van der Waals surface area (Å²) >= 11 is 0. The molecule has 2 aromatic carbocycles. The molecule has 0 saturated heterocycles. The van der Waals surface area contributed by atoms with Crippen molar-refractivity contribution in [2.24, 2.45) is 13.0 Å². The third-order valence-electron chi connectivity index (χ3n) is 5.83. The van der Waals surface area contributed by atoms with Crippen molar-refractivity contribution in [2.45, 2.75) is 46.5 Å². The average molecular weight is 330 g/mol. The van der Waals surface area contributed by atoms with Crippen LogP contribution in [-0.2, 0) is 18.9 Å². The largest absolute Gasteiger partial charge is 0.217 e. The van der Waals surface area contributed by atoms with Gasteiger partial charge in [0, 0.05) is 17.0 Å². The first-order valence-corrected chi connectivity index (χ1v) is 9.37. The molecular weight excluding hydrogens is 302 g/mol. The molecule has 0 spiro atoms. The molecule has 0 saturated carbocycles. The minimum Gasteiger partial charge on any atom is -0.201 e. The molecule has 0 unspecified atom stereocenters. The Morgan fingerprint density at radius 3 is 2.52 bits per heavy atom. The summed E-state index contributed by atoms with van der Waals surface area (Å²) in [4.78, 5) is 0. The van der Waals surface area contributed by atoms with Gasteiger partial charge in [-0.05, 0) is 46.7 Å². The Morgan fingerprint density at radius 1 is 1.04 bits per heavy atom. The van der Waals surface area contributed by atoms with Crippen molar-refractivity contribution in [1.82, 2.24) is 0 Å². The third-order valence-corrected chi connectivity index (χ3v) is 5.83. The van der Waals surface area contributed by atoms with Crippen molar-refractivity contribution in [2.75, 3.05) is 0 Å². The number of nitrogens with zero attached hydrogens (tertiary/aromatic N) is 1. The van der Waals surface area contributed by atoms with E-state index >= 15 is 0 Å². The summed E-state index contributed by atoms with van der Waals surface area (Å²) in [7, 11) is 2.19. The van der Waals surface area contributed by atoms with Gasteiger partial charge in [0.15, 0.2) is 6.20 Å². The zero-order valence-electron chi connectivity index (χ0n) is 16.3. The number of rotatable bonds is 2. The van der Waals surface area contributed by atoms with Crippen LogP contribution in [0.15, 0.2) is 42.6 Å². The lowest BCUT2D eigenvalue weighted by atomic mass is 9.67. The molecule has 0 atom stereocenters. The highest BCUT2D eigenvalue weighted by atomic mass is 14.9. The molecule has 0 amide bonds. The van der Waals surface area contributed by atoms with Crippen molar-refractivity contribution in [1.29, 1.82) is 0 Å². The second-order valence-electron chi connectivity index (χ2n) is 8.56. The molecule has 3 aromatic rings. The molecule has 1 heterocycles. The molecule has 1 aliphatic carbocycles. The number of pyridine rings is 1. The summed E-state index contributed by atoms with van der Waals surface area (Å²) in [5.74, 6) is 0.654. The highest BCUT2D eigenvalue weighted by Gasteiger charge is 2.40. The van der Waals surface area contributed by atoms with Gasteiger partial charge in [-0.15, -0.1) is 0 Å². The van der Waals surface area contributed by atoms with Crippen LogP contribution in [0.2, 0.25) is 0 Å². The van der Waals surface area contributed by atoms with Gasteiger partial charge in [0.2, 0.25) is 5.69 Å². The highest BCUT2D eigenvalue weighted by molar-refractivity contribution is 6.03. The number of hydrogen-bond acceptors (Lipinski definition) is 0. The van der Waals surface area contributed by atoms with Crippen molar-refractivity contribution >= 4 is 10.8 Å². The fourth-order valence-electron chi connectivity index (χ4n) is 4.74. The first-order chi connectivity index (χ1) is 11.8. The van der Waals surface area contributed by atoms with E-state index in [2.05, 4.69) is 88.8 Å². The molecule has 1 heteroatoms. The zero-order valence-corrected chi connectivity index (χ0v) is 16.3. The Hall–Kier alpha value is -2.15. The third kappa shape index (κ3) is 2.25. The summed E-state index contributed by atoms with van der Waals surface area (Å²) in [6, 6.07) is 13.7. The molecule has 1 aliphatic rings. The summed E-state index contributed by atoms with van der Waals surface area (Å²) in [5, 5.41) is 2.79. The smallest absolute Gasteiger partial charge is 0.201 e. The fraction of sp³-hybridized carbons (Fsp3) is 0.375. The predicted octanol–water partition coefficient (Wildman–Crippen LogP) is 5.48. The molecule has 1 nitrogen and oxygen atoms in total. The number of benzene rings is 2. The SMILES string of the molecule is Cc1ccc2cccc3c2c1-c1c(c(CC(C)C)cc[n+]1C)C3(C)C. The van der Waals surface area contributed by atoms with Crippen LogP contribution in [0.3, 0.4) is 0 Å². The Labute approximate surface area is 151 Å². The molecule has 4 rings (SSSR count). The Morgan fingerprint density at radius 2 is 1.80 bits per heavy atom. The van der Waals surface area contributed by atoms with Crippen LogP contribution in [0, 0.1) is 12.8 Å². The van der Waals surface area contributed by atoms with E-state index in [1.165, 1.54) is 44.3 Å². The van der Waals surface area contributed by atoms with Gasteiger partial charge >= 0.3 is 0 Å². The lowest BCUT2D eigenvalue weighted by molar-refractivity contribution is -0.661. The highest BCUT2D eigenvalue weighted by Crippen LogP contribution is 2.49. The molecule has 25 heavy (non-hydrogen) atoms. The first-order valence-electron chi connectivity index (χ1n) is 9.37. The lowest BCUT2D eigenvalue weighted by Crippen LogP contribution is -2.38. The van der Waals surface area contributed by atoms with Crippen molar-refractivity contribution in [3.63, 3.8) is 0 Å². The van der Waals surface area contributed by atoms with Crippen molar-refractivity contribution in [3.8, 4) is 11.3 Å². The lowest BCUT2D eigenvalue weighted by Gasteiger charge is -2.35. The summed E-state index contributed by atoms with van der Waals surface area (Å²) in [6.45, 7) is 11.7. The number of fused-ring (bicyclic) bond motifs is 2. The van der Waals surface area contributed by atoms with Gasteiger partial charge in [-0.1, -0.05) is 58.0 Å². The van der Waals surface area contributed by atoms with E-state index in [9.17, 15) is 0 Å². The summed E-state index contributed by atoms with van der Waals surface area (Å²) in [5.41, 5.74) is 8.69. The number of aromatic nitrogens is 1. The van der Waals surface area contributed by atoms with Crippen LogP contribution in [-0.4, -0.2) is 0 Å². The second kappa shape index (κ2) is 5.42. The molecule has 128 valence electrons. The van der Waals surface area contributed by atoms with E-state index in [1.54, 1.807) is 0 Å². The Bertz CT molecular complexity index is 993. The van der Waals surface area contributed by atoms with E-state index < -0.39 is 0 Å². The topological polar surface area (TPSA) is 3.88 Å². The van der Waals surface area contributed by atoms with Gasteiger partial charge in [-0.3, -0.25) is 0 Å². The van der Waals surface area contributed by atoms with Crippen LogP contribution in [0.4, 0.5) is 0 Å². The van der Waals surface area contributed by atoms with E-state index in [-0.39, 0.29) is 5.41 Å². The van der Waals surface area contributed by atoms with Crippen LogP contribution in [0.25, 0.3) is 22.0 Å². The summed E-state index contributed by atoms with van der Waals surface area (Å²) in [6.07, 6.45) is 3.38. The van der Waals surface area contributed by atoms with E-state index in [0.29, 0.717) is 5.92 Å². The Kier molecular flexibility index (Phi) is 3.54. The van der Waals surface area contributed by atoms with E-state index in [1.807, 2.05) is 0 Å². The van der Waals surface area contributed by atoms with Gasteiger partial charge < -0.3 is 0 Å². The average Bonchev–Trinajstić information content (AvgIpc) is 2.55. The minimum atomic E-state index is 0.0128. The molecule has 0 radical (unpaired) electrons. The number of hydrogen-bond donors (Lipinski definition) is 0. The normalized spacial score (nSPS) is 14.8. The van der Waals surface area contributed by atoms with Crippen LogP contribution >= 0.6 is 0 Å². The molecule has 0 N–H and O–H groups in total. The van der Waals surface area contributed by atoms with Gasteiger partial charge in [0.1, 0.15) is 7.05 Å². The molecular formula is C24H28N+. The first kappa shape index (κ1) is 16.3. The van der Waals surface area contributed by atoms with Gasteiger partial charge in [-0.25, -0.2) is 4.57 Å². The molecule has 0 bridgehead atoms. The van der Waals surface area contributed by atoms with Gasteiger partial charge in [0.05, 0.1) is 5.56 Å². The molecule has 1 aromatic heterocycles. The van der Waals surface area contributed by atoms with E-state index in [4.69, 9.17) is 0 Å². The molecule has 0 fully saturated rings. The van der Waals surface area contributed by atoms with Crippen LogP contribution in [0.1, 0.15) is 49.9 Å². The monoisotopic (exact) mass is 330 g/mol. The standard InChI is InChI=1S/C24H28N/c1-15(2)14-18-12-13-25(6)23-20-16(3)10-11-17-8-7-9-19(21(17)20)24(4,5)22(18)23/h7-13,15H,14H2,1-6H3/q+1. The maximum atomic E-state index is 2.40. The van der Waals surface area contributed by atoms with Crippen molar-refractivity contribution < 1.29 is 4.57 Å². The van der Waals surface area contributed by atoms with Crippen LogP contribution < -0.4 is 4.57 Å². The quantitative estimate of drug-likeness (QED) is 0.548. The van der Waals surface area contributed by atoms with Gasteiger partial charge in [-0.2, -0.15) is 0 Å². The maximum Gasteiger partial charge on any atom is 0.217 e. The Balaban J connectivity index is 2.22. The molecule has 0 aliphatic heterocycles. The van der Waals surface area contributed by atoms with Gasteiger partial charge in [0.25, 0.3) is 0 Å².